The molecule has 2 atom stereocenters. The van der Waals surface area contributed by atoms with Crippen LogP contribution in [0.3, 0.4) is 0 Å². The van der Waals surface area contributed by atoms with Crippen molar-refractivity contribution in [2.24, 2.45) is 5.73 Å². The first-order valence-corrected chi connectivity index (χ1v) is 8.37. The summed E-state index contributed by atoms with van der Waals surface area (Å²) in [5.74, 6) is 0.00119. The highest BCUT2D eigenvalue weighted by atomic mass is 16.2. The molecule has 2 aromatic rings. The standard InChI is InChI=1S/C20H24N2O/c1-3-15-11-16(12-17-13(2)20(23)22-19(15)17)18(21)10-9-14-7-5-4-6-8-14/h4-8,11-13,18H,3,9-10,21H2,1-2H3,(H,22,23). The summed E-state index contributed by atoms with van der Waals surface area (Å²) in [5, 5.41) is 3.01. The van der Waals surface area contributed by atoms with Crippen LogP contribution in [0.15, 0.2) is 42.5 Å². The first kappa shape index (κ1) is 15.8. The fourth-order valence-electron chi connectivity index (χ4n) is 3.25. The monoisotopic (exact) mass is 308 g/mol. The van der Waals surface area contributed by atoms with Gasteiger partial charge in [-0.25, -0.2) is 0 Å². The molecule has 0 saturated carbocycles. The van der Waals surface area contributed by atoms with E-state index in [1.807, 2.05) is 13.0 Å². The Balaban J connectivity index is 1.81. The van der Waals surface area contributed by atoms with Crippen molar-refractivity contribution in [3.05, 3.63) is 64.7 Å². The maximum Gasteiger partial charge on any atom is 0.231 e. The van der Waals surface area contributed by atoms with E-state index >= 15 is 0 Å². The van der Waals surface area contributed by atoms with Crippen LogP contribution in [0.1, 0.15) is 54.5 Å². The van der Waals surface area contributed by atoms with Crippen LogP contribution in [0.4, 0.5) is 5.69 Å². The lowest BCUT2D eigenvalue weighted by atomic mass is 9.91. The van der Waals surface area contributed by atoms with Gasteiger partial charge in [-0.1, -0.05) is 49.4 Å². The highest BCUT2D eigenvalue weighted by molar-refractivity contribution is 6.03. The molecular formula is C20H24N2O. The van der Waals surface area contributed by atoms with Gasteiger partial charge in [0.25, 0.3) is 0 Å². The van der Waals surface area contributed by atoms with E-state index in [0.29, 0.717) is 0 Å². The first-order chi connectivity index (χ1) is 11.1. The first-order valence-electron chi connectivity index (χ1n) is 8.37. The van der Waals surface area contributed by atoms with Crippen LogP contribution >= 0.6 is 0 Å². The molecule has 1 heterocycles. The Bertz CT molecular complexity index is 709. The van der Waals surface area contributed by atoms with Gasteiger partial charge in [-0.05, 0) is 48.4 Å². The molecule has 0 bridgehead atoms. The number of nitrogens with two attached hydrogens (primary N) is 1. The number of hydrogen-bond acceptors (Lipinski definition) is 2. The SMILES string of the molecule is CCc1cc(C(N)CCc2ccccc2)cc2c1NC(=O)C2C. The third-order valence-electron chi connectivity index (χ3n) is 4.78. The summed E-state index contributed by atoms with van der Waals surface area (Å²) in [6.45, 7) is 4.07. The minimum absolute atomic E-state index is 0.00583. The van der Waals surface area contributed by atoms with Crippen molar-refractivity contribution in [1.82, 2.24) is 0 Å². The number of nitrogens with one attached hydrogen (secondary N) is 1. The number of aryl methyl sites for hydroxylation is 2. The molecule has 3 rings (SSSR count). The molecule has 0 spiro atoms. The lowest BCUT2D eigenvalue weighted by Gasteiger charge is -2.16. The molecule has 3 nitrogen and oxygen atoms in total. The number of carbonyl (C=O) groups is 1. The van der Waals surface area contributed by atoms with Crippen molar-refractivity contribution in [2.75, 3.05) is 5.32 Å². The van der Waals surface area contributed by atoms with Gasteiger partial charge >= 0.3 is 0 Å². The Kier molecular flexibility index (Phi) is 4.49. The van der Waals surface area contributed by atoms with Gasteiger partial charge in [0.1, 0.15) is 0 Å². The number of fused-ring (bicyclic) bond motifs is 1. The molecule has 0 saturated heterocycles. The van der Waals surface area contributed by atoms with Crippen molar-refractivity contribution < 1.29 is 4.79 Å². The Morgan fingerprint density at radius 3 is 2.65 bits per heavy atom. The van der Waals surface area contributed by atoms with E-state index in [0.717, 1.165) is 36.1 Å². The quantitative estimate of drug-likeness (QED) is 0.879. The molecule has 0 aromatic heterocycles. The van der Waals surface area contributed by atoms with Gasteiger partial charge < -0.3 is 11.1 Å². The maximum absolute atomic E-state index is 11.9. The van der Waals surface area contributed by atoms with Gasteiger partial charge in [-0.2, -0.15) is 0 Å². The number of carbonyl (C=O) groups excluding carboxylic acids is 1. The molecule has 1 aliphatic rings. The number of amides is 1. The van der Waals surface area contributed by atoms with Crippen LogP contribution in [-0.2, 0) is 17.6 Å². The average Bonchev–Trinajstić information content (AvgIpc) is 2.87. The lowest BCUT2D eigenvalue weighted by molar-refractivity contribution is -0.116. The van der Waals surface area contributed by atoms with Crippen molar-refractivity contribution in [2.45, 2.75) is 45.1 Å². The zero-order valence-electron chi connectivity index (χ0n) is 13.8. The molecule has 1 amide bonds. The van der Waals surface area contributed by atoms with Crippen molar-refractivity contribution in [3.8, 4) is 0 Å². The Morgan fingerprint density at radius 1 is 1.22 bits per heavy atom. The molecule has 0 aliphatic carbocycles. The minimum Gasteiger partial charge on any atom is -0.325 e. The molecular weight excluding hydrogens is 284 g/mol. The van der Waals surface area contributed by atoms with E-state index in [2.05, 4.69) is 48.6 Å². The number of anilines is 1. The Morgan fingerprint density at radius 2 is 1.96 bits per heavy atom. The third-order valence-corrected chi connectivity index (χ3v) is 4.78. The molecule has 120 valence electrons. The largest absolute Gasteiger partial charge is 0.325 e. The fourth-order valence-corrected chi connectivity index (χ4v) is 3.25. The highest BCUT2D eigenvalue weighted by Crippen LogP contribution is 2.37. The van der Waals surface area contributed by atoms with Crippen LogP contribution in [0.25, 0.3) is 0 Å². The lowest BCUT2D eigenvalue weighted by Crippen LogP contribution is -2.12. The van der Waals surface area contributed by atoms with Crippen molar-refractivity contribution in [3.63, 3.8) is 0 Å². The summed E-state index contributed by atoms with van der Waals surface area (Å²) < 4.78 is 0. The Labute approximate surface area is 137 Å². The van der Waals surface area contributed by atoms with Crippen LogP contribution < -0.4 is 11.1 Å². The van der Waals surface area contributed by atoms with Gasteiger partial charge in [0, 0.05) is 11.7 Å². The predicted molar refractivity (Wildman–Crippen MR) is 94.6 cm³/mol. The smallest absolute Gasteiger partial charge is 0.231 e. The van der Waals surface area contributed by atoms with E-state index in [4.69, 9.17) is 5.73 Å². The minimum atomic E-state index is -0.0865. The summed E-state index contributed by atoms with van der Waals surface area (Å²) in [4.78, 5) is 11.9. The summed E-state index contributed by atoms with van der Waals surface area (Å²) in [5.41, 5.74) is 12.2. The van der Waals surface area contributed by atoms with E-state index in [1.165, 1.54) is 11.1 Å². The van der Waals surface area contributed by atoms with E-state index in [9.17, 15) is 4.79 Å². The second kappa shape index (κ2) is 6.55. The van der Waals surface area contributed by atoms with Crippen LogP contribution in [0.2, 0.25) is 0 Å². The number of benzene rings is 2. The van der Waals surface area contributed by atoms with E-state index in [-0.39, 0.29) is 17.9 Å². The normalized spacial score (nSPS) is 17.7. The van der Waals surface area contributed by atoms with E-state index < -0.39 is 0 Å². The van der Waals surface area contributed by atoms with Gasteiger partial charge in [0.15, 0.2) is 0 Å². The molecule has 0 radical (unpaired) electrons. The Hall–Kier alpha value is -2.13. The zero-order chi connectivity index (χ0) is 16.4. The van der Waals surface area contributed by atoms with E-state index in [1.54, 1.807) is 0 Å². The summed E-state index contributed by atoms with van der Waals surface area (Å²) in [6, 6.07) is 14.7. The molecule has 2 unspecified atom stereocenters. The molecule has 3 N–H and O–H groups in total. The summed E-state index contributed by atoms with van der Waals surface area (Å²) in [7, 11) is 0. The molecule has 1 aliphatic heterocycles. The van der Waals surface area contributed by atoms with Gasteiger partial charge in [-0.15, -0.1) is 0 Å². The molecule has 23 heavy (non-hydrogen) atoms. The number of hydrogen-bond donors (Lipinski definition) is 2. The van der Waals surface area contributed by atoms with Crippen molar-refractivity contribution >= 4 is 11.6 Å². The molecule has 2 aromatic carbocycles. The third kappa shape index (κ3) is 3.15. The van der Waals surface area contributed by atoms with Gasteiger partial charge in [-0.3, -0.25) is 4.79 Å². The second-order valence-corrected chi connectivity index (χ2v) is 6.34. The predicted octanol–water partition coefficient (Wildman–Crippen LogP) is 3.94. The second-order valence-electron chi connectivity index (χ2n) is 6.34. The average molecular weight is 308 g/mol. The molecule has 0 fully saturated rings. The highest BCUT2D eigenvalue weighted by Gasteiger charge is 2.29. The van der Waals surface area contributed by atoms with Gasteiger partial charge in [0.05, 0.1) is 5.92 Å². The van der Waals surface area contributed by atoms with Crippen LogP contribution in [0.5, 0.6) is 0 Å². The van der Waals surface area contributed by atoms with Crippen LogP contribution in [0, 0.1) is 0 Å². The van der Waals surface area contributed by atoms with Gasteiger partial charge in [0.2, 0.25) is 5.91 Å². The topological polar surface area (TPSA) is 55.1 Å². The maximum atomic E-state index is 11.9. The van der Waals surface area contributed by atoms with Crippen molar-refractivity contribution in [1.29, 1.82) is 0 Å². The summed E-state index contributed by atoms with van der Waals surface area (Å²) in [6.07, 6.45) is 2.77. The fraction of sp³-hybridized carbons (Fsp3) is 0.350. The molecule has 3 heteroatoms. The zero-order valence-corrected chi connectivity index (χ0v) is 13.8. The number of rotatable bonds is 5. The summed E-state index contributed by atoms with van der Waals surface area (Å²) >= 11 is 0. The van der Waals surface area contributed by atoms with Crippen LogP contribution in [-0.4, -0.2) is 5.91 Å².